The summed E-state index contributed by atoms with van der Waals surface area (Å²) < 4.78 is 1.68. The third-order valence-electron chi connectivity index (χ3n) is 4.52. The molecule has 8 heteroatoms. The predicted octanol–water partition coefficient (Wildman–Crippen LogP) is 6.96. The van der Waals surface area contributed by atoms with Gasteiger partial charge in [-0.25, -0.2) is 4.98 Å². The highest BCUT2D eigenvalue weighted by Gasteiger charge is 2.19. The molecule has 0 bridgehead atoms. The lowest BCUT2D eigenvalue weighted by Gasteiger charge is -2.06. The van der Waals surface area contributed by atoms with Crippen molar-refractivity contribution in [2.45, 2.75) is 0 Å². The Hall–Kier alpha value is -3.23. The molecule has 2 aromatic carbocycles. The van der Waals surface area contributed by atoms with Crippen LogP contribution in [0.15, 0.2) is 94.3 Å². The molecule has 152 valence electrons. The van der Waals surface area contributed by atoms with Crippen LogP contribution in [0.4, 0.5) is 5.69 Å². The van der Waals surface area contributed by atoms with E-state index in [2.05, 4.69) is 46.8 Å². The number of aromatic nitrogens is 3. The number of rotatable bonds is 2. The first kappa shape index (κ1) is 21.0. The summed E-state index contributed by atoms with van der Waals surface area (Å²) in [4.78, 5) is 23.5. The Labute approximate surface area is 194 Å². The number of pyridine rings is 3. The number of hydrogen-bond acceptors (Lipinski definition) is 5. The molecule has 0 aliphatic rings. The van der Waals surface area contributed by atoms with Crippen molar-refractivity contribution in [3.63, 3.8) is 0 Å². The van der Waals surface area contributed by atoms with E-state index in [0.29, 0.717) is 15.7 Å². The van der Waals surface area contributed by atoms with E-state index in [9.17, 15) is 10.1 Å². The van der Waals surface area contributed by atoms with Crippen LogP contribution in [-0.2, 0) is 0 Å². The van der Waals surface area contributed by atoms with Crippen LogP contribution < -0.4 is 0 Å². The molecular weight excluding hydrogens is 524 g/mol. The lowest BCUT2D eigenvalue weighted by atomic mass is 10.0. The average molecular weight is 538 g/mol. The zero-order chi connectivity index (χ0) is 21.8. The average Bonchev–Trinajstić information content (AvgIpc) is 2.79. The molecule has 0 amide bonds. The third kappa shape index (κ3) is 4.60. The van der Waals surface area contributed by atoms with E-state index in [1.807, 2.05) is 54.6 Å². The maximum absolute atomic E-state index is 11.2. The van der Waals surface area contributed by atoms with Gasteiger partial charge in [-0.15, -0.1) is 0 Å². The van der Waals surface area contributed by atoms with E-state index < -0.39 is 4.92 Å². The number of benzene rings is 2. The maximum atomic E-state index is 11.2. The number of nitrogens with zero attached hydrogens (tertiary/aromatic N) is 4. The second kappa shape index (κ2) is 9.28. The summed E-state index contributed by atoms with van der Waals surface area (Å²) in [6, 6.07) is 20.6. The summed E-state index contributed by atoms with van der Waals surface area (Å²) in [5.74, 6) is 0. The second-order valence-electron chi connectivity index (χ2n) is 6.46. The van der Waals surface area contributed by atoms with Crippen LogP contribution in [0.5, 0.6) is 0 Å². The van der Waals surface area contributed by atoms with Crippen molar-refractivity contribution in [2.75, 3.05) is 0 Å². The van der Waals surface area contributed by atoms with Crippen LogP contribution in [0.25, 0.3) is 33.1 Å². The van der Waals surface area contributed by atoms with Crippen molar-refractivity contribution >= 4 is 59.4 Å². The molecule has 0 atom stereocenters. The van der Waals surface area contributed by atoms with Crippen LogP contribution in [-0.4, -0.2) is 19.9 Å². The van der Waals surface area contributed by atoms with E-state index >= 15 is 0 Å². The van der Waals surface area contributed by atoms with Gasteiger partial charge in [-0.2, -0.15) is 0 Å². The molecule has 0 unspecified atom stereocenters. The topological polar surface area (TPSA) is 81.8 Å². The van der Waals surface area contributed by atoms with Crippen molar-refractivity contribution in [1.29, 1.82) is 0 Å². The molecule has 0 spiro atoms. The molecule has 0 saturated carbocycles. The predicted molar refractivity (Wildman–Crippen MR) is 129 cm³/mol. The van der Waals surface area contributed by atoms with E-state index in [1.54, 1.807) is 24.7 Å². The minimum absolute atomic E-state index is 0.0317. The van der Waals surface area contributed by atoms with Gasteiger partial charge < -0.3 is 0 Å². The van der Waals surface area contributed by atoms with Crippen LogP contribution >= 0.6 is 31.9 Å². The zero-order valence-electron chi connectivity index (χ0n) is 15.9. The van der Waals surface area contributed by atoms with E-state index in [1.165, 1.54) is 6.07 Å². The quantitative estimate of drug-likeness (QED) is 0.179. The van der Waals surface area contributed by atoms with Gasteiger partial charge in [-0.3, -0.25) is 20.1 Å². The Kier molecular flexibility index (Phi) is 6.29. The molecule has 0 fully saturated rings. The van der Waals surface area contributed by atoms with Crippen molar-refractivity contribution < 1.29 is 4.92 Å². The molecule has 3 aromatic heterocycles. The molecule has 0 saturated heterocycles. The lowest BCUT2D eigenvalue weighted by molar-refractivity contribution is -0.384. The van der Waals surface area contributed by atoms with E-state index in [-0.39, 0.29) is 5.69 Å². The first-order valence-corrected chi connectivity index (χ1v) is 10.8. The third-order valence-corrected chi connectivity index (χ3v) is 5.65. The summed E-state index contributed by atoms with van der Waals surface area (Å²) in [7, 11) is 0. The van der Waals surface area contributed by atoms with Gasteiger partial charge in [-0.05, 0) is 46.3 Å². The van der Waals surface area contributed by atoms with Gasteiger partial charge in [0.25, 0.3) is 5.69 Å². The Morgan fingerprint density at radius 1 is 0.774 bits per heavy atom. The Balaban J connectivity index is 0.000000177. The highest BCUT2D eigenvalue weighted by Crippen LogP contribution is 2.33. The Bertz CT molecular complexity index is 1400. The fourth-order valence-electron chi connectivity index (χ4n) is 3.15. The van der Waals surface area contributed by atoms with Gasteiger partial charge >= 0.3 is 0 Å². The minimum Gasteiger partial charge on any atom is -0.258 e. The molecule has 31 heavy (non-hydrogen) atoms. The van der Waals surface area contributed by atoms with E-state index in [4.69, 9.17) is 0 Å². The van der Waals surface area contributed by atoms with Crippen molar-refractivity contribution in [1.82, 2.24) is 15.0 Å². The van der Waals surface area contributed by atoms with Gasteiger partial charge in [0.1, 0.15) is 5.69 Å². The summed E-state index contributed by atoms with van der Waals surface area (Å²) in [6.45, 7) is 0. The van der Waals surface area contributed by atoms with Crippen LogP contribution in [0, 0.1) is 10.1 Å². The molecule has 0 radical (unpaired) electrons. The number of hydrogen-bond donors (Lipinski definition) is 0. The SMILES string of the molecule is Brc1cccc2ncccc12.O=[N+]([O-])c1cc(Br)cnc1-c1cccc2ncccc12. The molecule has 0 N–H and O–H groups in total. The highest BCUT2D eigenvalue weighted by atomic mass is 79.9. The number of nitro groups is 1. The fraction of sp³-hybridized carbons (Fsp3) is 0. The summed E-state index contributed by atoms with van der Waals surface area (Å²) >= 11 is 6.66. The second-order valence-corrected chi connectivity index (χ2v) is 8.23. The van der Waals surface area contributed by atoms with Gasteiger partial charge in [0.05, 0.1) is 16.0 Å². The van der Waals surface area contributed by atoms with Crippen LogP contribution in [0.1, 0.15) is 0 Å². The lowest BCUT2D eigenvalue weighted by Crippen LogP contribution is -1.95. The summed E-state index contributed by atoms with van der Waals surface area (Å²) in [6.07, 6.45) is 5.04. The molecule has 3 heterocycles. The smallest absolute Gasteiger partial charge is 0.258 e. The number of fused-ring (bicyclic) bond motifs is 2. The maximum Gasteiger partial charge on any atom is 0.296 e. The zero-order valence-corrected chi connectivity index (χ0v) is 19.1. The first-order chi connectivity index (χ1) is 15.0. The van der Waals surface area contributed by atoms with Crippen molar-refractivity contribution in [3.8, 4) is 11.3 Å². The van der Waals surface area contributed by atoms with Crippen molar-refractivity contribution in [3.05, 3.63) is 104 Å². The largest absolute Gasteiger partial charge is 0.296 e. The van der Waals surface area contributed by atoms with Gasteiger partial charge in [0.2, 0.25) is 0 Å². The molecular formula is C23H14Br2N4O2. The number of halogens is 2. The summed E-state index contributed by atoms with van der Waals surface area (Å²) in [5, 5.41) is 13.2. The van der Waals surface area contributed by atoms with Crippen LogP contribution in [0.3, 0.4) is 0 Å². The normalized spacial score (nSPS) is 10.5. The van der Waals surface area contributed by atoms with Crippen molar-refractivity contribution in [2.24, 2.45) is 0 Å². The Morgan fingerprint density at radius 2 is 1.42 bits per heavy atom. The molecule has 6 nitrogen and oxygen atoms in total. The first-order valence-electron chi connectivity index (χ1n) is 9.18. The van der Waals surface area contributed by atoms with E-state index in [0.717, 1.165) is 26.3 Å². The van der Waals surface area contributed by atoms with Gasteiger partial charge in [0, 0.05) is 49.9 Å². The minimum atomic E-state index is -0.428. The monoisotopic (exact) mass is 536 g/mol. The van der Waals surface area contributed by atoms with Crippen LogP contribution in [0.2, 0.25) is 0 Å². The fourth-order valence-corrected chi connectivity index (χ4v) is 3.96. The van der Waals surface area contributed by atoms with Gasteiger partial charge in [-0.1, -0.05) is 46.3 Å². The molecule has 5 aromatic rings. The standard InChI is InChI=1S/C14H8BrN3O2.C9H6BrN/c15-9-7-13(18(19)20)14(17-8-9)11-3-1-5-12-10(11)4-2-6-16-12;10-8-4-1-5-9-7(8)3-2-6-11-9/h1-8H;1-6H. The van der Waals surface area contributed by atoms with Gasteiger partial charge in [0.15, 0.2) is 0 Å². The molecule has 5 rings (SSSR count). The highest BCUT2D eigenvalue weighted by molar-refractivity contribution is 9.11. The molecule has 0 aliphatic heterocycles. The molecule has 0 aliphatic carbocycles. The Morgan fingerprint density at radius 3 is 2.10 bits per heavy atom. The summed E-state index contributed by atoms with van der Waals surface area (Å²) in [5.41, 5.74) is 2.83.